The Labute approximate surface area is 122 Å². The third kappa shape index (κ3) is 7.29. The van der Waals surface area contributed by atoms with E-state index in [1.54, 1.807) is 0 Å². The summed E-state index contributed by atoms with van der Waals surface area (Å²) in [5.74, 6) is -0.0132. The molecule has 112 valence electrons. The lowest BCUT2D eigenvalue weighted by atomic mass is 10.0. The molecule has 20 heavy (non-hydrogen) atoms. The quantitative estimate of drug-likeness (QED) is 0.643. The minimum atomic E-state index is -0.0132. The van der Waals surface area contributed by atoms with Crippen LogP contribution in [-0.2, 0) is 0 Å². The molecule has 1 aromatic carbocycles. The molecule has 0 radical (unpaired) electrons. The van der Waals surface area contributed by atoms with Gasteiger partial charge in [0.1, 0.15) is 0 Å². The summed E-state index contributed by atoms with van der Waals surface area (Å²) in [7, 11) is 0. The molecule has 3 N–H and O–H groups in total. The molecule has 0 aliphatic carbocycles. The van der Waals surface area contributed by atoms with E-state index in [1.165, 1.54) is 32.1 Å². The molecule has 0 saturated carbocycles. The lowest BCUT2D eigenvalue weighted by Gasteiger charge is -2.12. The fraction of sp³-hybridized carbons (Fsp3) is 0.588. The Bertz CT molecular complexity index is 365. The summed E-state index contributed by atoms with van der Waals surface area (Å²) < 4.78 is 0. The SMILES string of the molecule is CCCCCCCC(N)CCNC(=O)c1ccccc1. The molecule has 3 heteroatoms. The van der Waals surface area contributed by atoms with Crippen LogP contribution >= 0.6 is 0 Å². The first-order chi connectivity index (χ1) is 9.74. The van der Waals surface area contributed by atoms with Crippen LogP contribution in [0, 0.1) is 0 Å². The zero-order chi connectivity index (χ0) is 14.6. The van der Waals surface area contributed by atoms with Crippen LogP contribution in [0.5, 0.6) is 0 Å². The molecule has 1 unspecified atom stereocenters. The number of amides is 1. The molecule has 0 aliphatic rings. The number of hydrogen-bond donors (Lipinski definition) is 2. The molecule has 1 atom stereocenters. The maximum absolute atomic E-state index is 11.8. The fourth-order valence-corrected chi connectivity index (χ4v) is 2.22. The molecule has 0 bridgehead atoms. The van der Waals surface area contributed by atoms with Crippen LogP contribution in [0.4, 0.5) is 0 Å². The molecule has 3 nitrogen and oxygen atoms in total. The van der Waals surface area contributed by atoms with Gasteiger partial charge in [0.25, 0.3) is 5.91 Å². The van der Waals surface area contributed by atoms with Crippen molar-refractivity contribution in [2.24, 2.45) is 5.73 Å². The van der Waals surface area contributed by atoms with Crippen LogP contribution in [0.1, 0.15) is 62.2 Å². The van der Waals surface area contributed by atoms with Crippen LogP contribution in [0.3, 0.4) is 0 Å². The summed E-state index contributed by atoms with van der Waals surface area (Å²) in [6.07, 6.45) is 8.30. The third-order valence-corrected chi connectivity index (χ3v) is 3.52. The van der Waals surface area contributed by atoms with E-state index in [4.69, 9.17) is 5.73 Å². The standard InChI is InChI=1S/C17H28N2O/c1-2-3-4-5-9-12-16(18)13-14-19-17(20)15-10-7-6-8-11-15/h6-8,10-11,16H,2-5,9,12-14,18H2,1H3,(H,19,20). The van der Waals surface area contributed by atoms with Crippen LogP contribution < -0.4 is 11.1 Å². The van der Waals surface area contributed by atoms with Gasteiger partial charge in [0, 0.05) is 18.2 Å². The van der Waals surface area contributed by atoms with Crippen LogP contribution in [0.15, 0.2) is 30.3 Å². The zero-order valence-electron chi connectivity index (χ0n) is 12.6. The van der Waals surface area contributed by atoms with Gasteiger partial charge in [-0.1, -0.05) is 57.2 Å². The van der Waals surface area contributed by atoms with Gasteiger partial charge >= 0.3 is 0 Å². The van der Waals surface area contributed by atoms with Gasteiger partial charge in [0.15, 0.2) is 0 Å². The van der Waals surface area contributed by atoms with E-state index in [-0.39, 0.29) is 11.9 Å². The molecular weight excluding hydrogens is 248 g/mol. The molecule has 0 spiro atoms. The number of nitrogens with one attached hydrogen (secondary N) is 1. The highest BCUT2D eigenvalue weighted by Crippen LogP contribution is 2.07. The van der Waals surface area contributed by atoms with Crippen molar-refractivity contribution in [3.8, 4) is 0 Å². The molecule has 0 saturated heterocycles. The second kappa shape index (κ2) is 10.4. The van der Waals surface area contributed by atoms with Crippen molar-refractivity contribution in [3.63, 3.8) is 0 Å². The maximum Gasteiger partial charge on any atom is 0.251 e. The summed E-state index contributed by atoms with van der Waals surface area (Å²) in [6, 6.07) is 9.50. The summed E-state index contributed by atoms with van der Waals surface area (Å²) in [5, 5.41) is 2.92. The monoisotopic (exact) mass is 276 g/mol. The van der Waals surface area contributed by atoms with Gasteiger partial charge in [-0.25, -0.2) is 0 Å². The second-order valence-corrected chi connectivity index (χ2v) is 5.37. The minimum Gasteiger partial charge on any atom is -0.352 e. The van der Waals surface area contributed by atoms with E-state index < -0.39 is 0 Å². The van der Waals surface area contributed by atoms with E-state index in [1.807, 2.05) is 30.3 Å². The van der Waals surface area contributed by atoms with Crippen molar-refractivity contribution in [2.45, 2.75) is 57.9 Å². The Balaban J connectivity index is 2.07. The first kappa shape index (κ1) is 16.7. The average Bonchev–Trinajstić information content (AvgIpc) is 2.48. The number of hydrogen-bond acceptors (Lipinski definition) is 2. The van der Waals surface area contributed by atoms with Crippen LogP contribution in [-0.4, -0.2) is 18.5 Å². The Morgan fingerprint density at radius 2 is 1.80 bits per heavy atom. The number of carbonyl (C=O) groups excluding carboxylic acids is 1. The lowest BCUT2D eigenvalue weighted by Crippen LogP contribution is -2.30. The third-order valence-electron chi connectivity index (χ3n) is 3.52. The molecule has 0 heterocycles. The number of carbonyl (C=O) groups is 1. The predicted molar refractivity (Wildman–Crippen MR) is 84.7 cm³/mol. The summed E-state index contributed by atoms with van der Waals surface area (Å²) >= 11 is 0. The highest BCUT2D eigenvalue weighted by molar-refractivity contribution is 5.94. The van der Waals surface area contributed by atoms with Gasteiger partial charge in [-0.05, 0) is 25.0 Å². The molecule has 1 aromatic rings. The second-order valence-electron chi connectivity index (χ2n) is 5.37. The molecular formula is C17H28N2O. The van der Waals surface area contributed by atoms with Crippen molar-refractivity contribution in [3.05, 3.63) is 35.9 Å². The normalized spacial score (nSPS) is 12.1. The Morgan fingerprint density at radius 1 is 1.10 bits per heavy atom. The molecule has 0 aromatic heterocycles. The summed E-state index contributed by atoms with van der Waals surface area (Å²) in [6.45, 7) is 2.88. The van der Waals surface area contributed by atoms with Crippen molar-refractivity contribution in [2.75, 3.05) is 6.54 Å². The first-order valence-corrected chi connectivity index (χ1v) is 7.83. The number of nitrogens with two attached hydrogens (primary N) is 1. The van der Waals surface area contributed by atoms with E-state index in [2.05, 4.69) is 12.2 Å². The van der Waals surface area contributed by atoms with Crippen LogP contribution in [0.25, 0.3) is 0 Å². The summed E-state index contributed by atoms with van der Waals surface area (Å²) in [4.78, 5) is 11.8. The average molecular weight is 276 g/mol. The van der Waals surface area contributed by atoms with Crippen molar-refractivity contribution < 1.29 is 4.79 Å². The van der Waals surface area contributed by atoms with Gasteiger partial charge in [-0.3, -0.25) is 4.79 Å². The smallest absolute Gasteiger partial charge is 0.251 e. The highest BCUT2D eigenvalue weighted by Gasteiger charge is 2.06. The molecule has 0 aliphatic heterocycles. The van der Waals surface area contributed by atoms with E-state index >= 15 is 0 Å². The first-order valence-electron chi connectivity index (χ1n) is 7.83. The topological polar surface area (TPSA) is 55.1 Å². The molecule has 0 fully saturated rings. The molecule has 1 rings (SSSR count). The van der Waals surface area contributed by atoms with Crippen molar-refractivity contribution in [1.82, 2.24) is 5.32 Å². The lowest BCUT2D eigenvalue weighted by molar-refractivity contribution is 0.0952. The molecule has 1 amide bonds. The largest absolute Gasteiger partial charge is 0.352 e. The van der Waals surface area contributed by atoms with Crippen LogP contribution in [0.2, 0.25) is 0 Å². The van der Waals surface area contributed by atoms with Crippen molar-refractivity contribution in [1.29, 1.82) is 0 Å². The van der Waals surface area contributed by atoms with Gasteiger partial charge in [-0.15, -0.1) is 0 Å². The van der Waals surface area contributed by atoms with E-state index in [0.29, 0.717) is 12.1 Å². The van der Waals surface area contributed by atoms with Gasteiger partial charge in [-0.2, -0.15) is 0 Å². The maximum atomic E-state index is 11.8. The Morgan fingerprint density at radius 3 is 2.50 bits per heavy atom. The number of rotatable bonds is 10. The number of benzene rings is 1. The number of unbranched alkanes of at least 4 members (excludes halogenated alkanes) is 4. The van der Waals surface area contributed by atoms with E-state index in [0.717, 1.165) is 12.8 Å². The summed E-state index contributed by atoms with van der Waals surface area (Å²) in [5.41, 5.74) is 6.77. The highest BCUT2D eigenvalue weighted by atomic mass is 16.1. The van der Waals surface area contributed by atoms with Gasteiger partial charge < -0.3 is 11.1 Å². The Kier molecular flexibility index (Phi) is 8.72. The van der Waals surface area contributed by atoms with E-state index in [9.17, 15) is 4.79 Å². The van der Waals surface area contributed by atoms with Crippen molar-refractivity contribution >= 4 is 5.91 Å². The minimum absolute atomic E-state index is 0.0132. The van der Waals surface area contributed by atoms with Gasteiger partial charge in [0.05, 0.1) is 0 Å². The zero-order valence-corrected chi connectivity index (χ0v) is 12.6. The Hall–Kier alpha value is -1.35. The fourth-order valence-electron chi connectivity index (χ4n) is 2.22. The predicted octanol–water partition coefficient (Wildman–Crippen LogP) is 3.49. The van der Waals surface area contributed by atoms with Gasteiger partial charge in [0.2, 0.25) is 0 Å².